The van der Waals surface area contributed by atoms with Crippen LogP contribution in [0.3, 0.4) is 0 Å². The lowest BCUT2D eigenvalue weighted by Gasteiger charge is -2.12. The van der Waals surface area contributed by atoms with Gasteiger partial charge in [0.25, 0.3) is 0 Å². The second-order valence-corrected chi connectivity index (χ2v) is 5.24. The fourth-order valence-corrected chi connectivity index (χ4v) is 2.64. The highest BCUT2D eigenvalue weighted by Crippen LogP contribution is 2.25. The van der Waals surface area contributed by atoms with E-state index in [1.54, 1.807) is 36.4 Å². The predicted molar refractivity (Wildman–Crippen MR) is 87.6 cm³/mol. The molecule has 9 heteroatoms. The van der Waals surface area contributed by atoms with Crippen LogP contribution in [0.1, 0.15) is 0 Å². The van der Waals surface area contributed by atoms with Gasteiger partial charge in [-0.2, -0.15) is 17.5 Å². The largest absolute Gasteiger partial charge is 0.433 e. The molecule has 0 radical (unpaired) electrons. The highest BCUT2D eigenvalue weighted by molar-refractivity contribution is 7.00. The topological polar surface area (TPSA) is 76.1 Å². The molecule has 0 aliphatic rings. The Hall–Kier alpha value is -2.81. The van der Waals surface area contributed by atoms with E-state index in [0.717, 1.165) is 11.7 Å². The molecule has 6 nitrogen and oxygen atoms in total. The maximum Gasteiger partial charge on any atom is 0.387 e. The van der Waals surface area contributed by atoms with Crippen molar-refractivity contribution in [2.24, 2.45) is 0 Å². The normalized spacial score (nSPS) is 10.8. The zero-order valence-electron chi connectivity index (χ0n) is 12.2. The van der Waals surface area contributed by atoms with Crippen LogP contribution in [0.2, 0.25) is 0 Å². The molecule has 0 bridgehead atoms. The van der Waals surface area contributed by atoms with Crippen LogP contribution in [0.5, 0.6) is 5.75 Å². The summed E-state index contributed by atoms with van der Waals surface area (Å²) in [6, 6.07) is 11.4. The Morgan fingerprint density at radius 1 is 1.12 bits per heavy atom. The number of alkyl halides is 2. The van der Waals surface area contributed by atoms with Crippen molar-refractivity contribution in [3.63, 3.8) is 0 Å². The number of para-hydroxylation sites is 2. The first-order valence-corrected chi connectivity index (χ1v) is 7.65. The molecule has 0 unspecified atom stereocenters. The van der Waals surface area contributed by atoms with Crippen LogP contribution in [0, 0.1) is 0 Å². The van der Waals surface area contributed by atoms with Gasteiger partial charge in [0.1, 0.15) is 16.8 Å². The Balaban J connectivity index is 1.65. The van der Waals surface area contributed by atoms with Crippen LogP contribution in [0.25, 0.3) is 11.0 Å². The van der Waals surface area contributed by atoms with Gasteiger partial charge in [-0.05, 0) is 24.3 Å². The van der Waals surface area contributed by atoms with Gasteiger partial charge in [0, 0.05) is 0 Å². The number of nitrogens with zero attached hydrogens (tertiary/aromatic N) is 2. The van der Waals surface area contributed by atoms with Crippen LogP contribution in [-0.2, 0) is 4.79 Å². The molecule has 3 rings (SSSR count). The first-order valence-electron chi connectivity index (χ1n) is 6.92. The minimum Gasteiger partial charge on any atom is -0.433 e. The molecule has 0 atom stereocenters. The molecule has 2 N–H and O–H groups in total. The fourth-order valence-electron chi connectivity index (χ4n) is 2.09. The van der Waals surface area contributed by atoms with Gasteiger partial charge in [-0.1, -0.05) is 18.2 Å². The number of anilines is 2. The zero-order chi connectivity index (χ0) is 16.9. The maximum atomic E-state index is 12.4. The molecule has 0 spiro atoms. The van der Waals surface area contributed by atoms with Gasteiger partial charge < -0.3 is 15.4 Å². The minimum absolute atomic E-state index is 0.0221. The first-order chi connectivity index (χ1) is 11.6. The molecule has 0 saturated carbocycles. The van der Waals surface area contributed by atoms with E-state index in [2.05, 4.69) is 24.1 Å². The van der Waals surface area contributed by atoms with E-state index >= 15 is 0 Å². The first kappa shape index (κ1) is 16.1. The van der Waals surface area contributed by atoms with E-state index in [-0.39, 0.29) is 18.2 Å². The van der Waals surface area contributed by atoms with Crippen LogP contribution < -0.4 is 15.4 Å². The van der Waals surface area contributed by atoms with Gasteiger partial charge in [-0.25, -0.2) is 0 Å². The monoisotopic (exact) mass is 350 g/mol. The molecular weight excluding hydrogens is 338 g/mol. The van der Waals surface area contributed by atoms with Crippen LogP contribution in [0.15, 0.2) is 42.5 Å². The number of halogens is 2. The number of ether oxygens (including phenoxy) is 1. The smallest absolute Gasteiger partial charge is 0.387 e. The highest BCUT2D eigenvalue weighted by atomic mass is 32.1. The van der Waals surface area contributed by atoms with E-state index in [4.69, 9.17) is 0 Å². The minimum atomic E-state index is -2.93. The molecule has 0 fully saturated rings. The van der Waals surface area contributed by atoms with Crippen molar-refractivity contribution < 1.29 is 18.3 Å². The number of nitrogens with one attached hydrogen (secondary N) is 2. The summed E-state index contributed by atoms with van der Waals surface area (Å²) in [6.45, 7) is -3.05. The third kappa shape index (κ3) is 3.74. The maximum absolute atomic E-state index is 12.4. The van der Waals surface area contributed by atoms with Crippen molar-refractivity contribution >= 4 is 40.0 Å². The van der Waals surface area contributed by atoms with Gasteiger partial charge in [0.15, 0.2) is 0 Å². The molecule has 0 aliphatic carbocycles. The summed E-state index contributed by atoms with van der Waals surface area (Å²) >= 11 is 1.06. The molecule has 3 aromatic rings. The summed E-state index contributed by atoms with van der Waals surface area (Å²) < 4.78 is 37.3. The van der Waals surface area contributed by atoms with Gasteiger partial charge >= 0.3 is 6.61 Å². The molecule has 1 heterocycles. The second-order valence-electron chi connectivity index (χ2n) is 4.71. The summed E-state index contributed by atoms with van der Waals surface area (Å²) in [4.78, 5) is 12.1. The molecule has 24 heavy (non-hydrogen) atoms. The van der Waals surface area contributed by atoms with Gasteiger partial charge in [-0.3, -0.25) is 4.79 Å². The molecule has 124 valence electrons. The second kappa shape index (κ2) is 7.18. The summed E-state index contributed by atoms with van der Waals surface area (Å²) in [6.07, 6.45) is 0. The number of rotatable bonds is 6. The SMILES string of the molecule is O=C(CNc1ccccc1OC(F)F)Nc1cccc2nsnc12. The van der Waals surface area contributed by atoms with E-state index < -0.39 is 6.61 Å². The molecular formula is C15H12F2N4O2S. The van der Waals surface area contributed by atoms with Gasteiger partial charge in [-0.15, -0.1) is 0 Å². The van der Waals surface area contributed by atoms with Crippen molar-refractivity contribution in [1.82, 2.24) is 8.75 Å². The Morgan fingerprint density at radius 3 is 2.75 bits per heavy atom. The molecule has 0 aliphatic heterocycles. The quantitative estimate of drug-likeness (QED) is 0.713. The third-order valence-electron chi connectivity index (χ3n) is 3.10. The Kier molecular flexibility index (Phi) is 4.80. The standard InChI is InChI=1S/C15H12F2N4O2S/c16-15(17)23-12-7-2-1-4-9(12)18-8-13(22)19-10-5-3-6-11-14(10)21-24-20-11/h1-7,15,18H,8H2,(H,19,22). The predicted octanol–water partition coefficient (Wildman–Crippen LogP) is 3.34. The highest BCUT2D eigenvalue weighted by Gasteiger charge is 2.11. The number of fused-ring (bicyclic) bond motifs is 1. The van der Waals surface area contributed by atoms with E-state index in [0.29, 0.717) is 22.4 Å². The van der Waals surface area contributed by atoms with Crippen LogP contribution >= 0.6 is 11.7 Å². The average Bonchev–Trinajstić information content (AvgIpc) is 3.03. The number of carbonyl (C=O) groups is 1. The van der Waals surface area contributed by atoms with Gasteiger partial charge in [0.2, 0.25) is 5.91 Å². The zero-order valence-corrected chi connectivity index (χ0v) is 13.0. The number of aromatic nitrogens is 2. The number of hydrogen-bond acceptors (Lipinski definition) is 6. The van der Waals surface area contributed by atoms with Crippen molar-refractivity contribution in [1.29, 1.82) is 0 Å². The van der Waals surface area contributed by atoms with E-state index in [9.17, 15) is 13.6 Å². The summed E-state index contributed by atoms with van der Waals surface area (Å²) in [5.41, 5.74) is 2.16. The molecule has 2 aromatic carbocycles. The summed E-state index contributed by atoms with van der Waals surface area (Å²) in [5.74, 6) is -0.367. The number of amides is 1. The number of hydrogen-bond donors (Lipinski definition) is 2. The van der Waals surface area contributed by atoms with E-state index in [1.807, 2.05) is 0 Å². The van der Waals surface area contributed by atoms with Crippen LogP contribution in [0.4, 0.5) is 20.2 Å². The lowest BCUT2D eigenvalue weighted by atomic mass is 10.2. The number of benzene rings is 2. The number of carbonyl (C=O) groups excluding carboxylic acids is 1. The molecule has 1 amide bonds. The van der Waals surface area contributed by atoms with Crippen molar-refractivity contribution in [2.75, 3.05) is 17.2 Å². The Labute approximate surface area is 139 Å². The van der Waals surface area contributed by atoms with Crippen molar-refractivity contribution in [3.8, 4) is 5.75 Å². The Bertz CT molecular complexity index is 856. The van der Waals surface area contributed by atoms with Gasteiger partial charge in [0.05, 0.1) is 29.6 Å². The summed E-state index contributed by atoms with van der Waals surface area (Å²) in [5, 5.41) is 5.49. The average molecular weight is 350 g/mol. The van der Waals surface area contributed by atoms with Crippen molar-refractivity contribution in [3.05, 3.63) is 42.5 Å². The third-order valence-corrected chi connectivity index (χ3v) is 3.65. The summed E-state index contributed by atoms with van der Waals surface area (Å²) in [7, 11) is 0. The van der Waals surface area contributed by atoms with Crippen LogP contribution in [-0.4, -0.2) is 27.8 Å². The molecule has 0 saturated heterocycles. The van der Waals surface area contributed by atoms with Crippen molar-refractivity contribution in [2.45, 2.75) is 6.61 Å². The van der Waals surface area contributed by atoms with E-state index in [1.165, 1.54) is 6.07 Å². The lowest BCUT2D eigenvalue weighted by Crippen LogP contribution is -2.22. The molecule has 1 aromatic heterocycles. The lowest BCUT2D eigenvalue weighted by molar-refractivity contribution is -0.114. The Morgan fingerprint density at radius 2 is 1.92 bits per heavy atom. The fraction of sp³-hybridized carbons (Fsp3) is 0.133.